The first-order chi connectivity index (χ1) is 11.6. The van der Waals surface area contributed by atoms with Crippen LogP contribution in [-0.4, -0.2) is 23.3 Å². The van der Waals surface area contributed by atoms with Gasteiger partial charge >= 0.3 is 0 Å². The summed E-state index contributed by atoms with van der Waals surface area (Å²) in [4.78, 5) is 27.8. The van der Waals surface area contributed by atoms with Gasteiger partial charge in [0.05, 0.1) is 5.92 Å². The number of halogens is 1. The summed E-state index contributed by atoms with van der Waals surface area (Å²) in [5.74, 6) is -0.551. The molecule has 5 nitrogen and oxygen atoms in total. The van der Waals surface area contributed by atoms with Crippen LogP contribution in [0, 0.1) is 0 Å². The van der Waals surface area contributed by atoms with Crippen LogP contribution in [0.4, 0.5) is 0 Å². The quantitative estimate of drug-likeness (QED) is 0.810. The number of rotatable bonds is 7. The van der Waals surface area contributed by atoms with Gasteiger partial charge in [-0.3, -0.25) is 14.6 Å². The molecule has 0 unspecified atom stereocenters. The number of amides is 2. The second-order valence-corrected chi connectivity index (χ2v) is 5.89. The Morgan fingerprint density at radius 1 is 1.17 bits per heavy atom. The third-order valence-corrected chi connectivity index (χ3v) is 3.87. The smallest absolute Gasteiger partial charge is 0.227 e. The van der Waals surface area contributed by atoms with Crippen molar-refractivity contribution in [1.82, 2.24) is 15.6 Å². The van der Waals surface area contributed by atoms with E-state index in [1.165, 1.54) is 0 Å². The molecule has 0 aliphatic carbocycles. The third kappa shape index (κ3) is 5.66. The number of aromatic nitrogens is 1. The Morgan fingerprint density at radius 2 is 1.92 bits per heavy atom. The van der Waals surface area contributed by atoms with E-state index in [2.05, 4.69) is 15.6 Å². The van der Waals surface area contributed by atoms with Gasteiger partial charge in [-0.25, -0.2) is 0 Å². The minimum Gasteiger partial charge on any atom is -0.355 e. The Balaban J connectivity index is 1.71. The van der Waals surface area contributed by atoms with Gasteiger partial charge < -0.3 is 10.6 Å². The lowest BCUT2D eigenvalue weighted by Gasteiger charge is -2.13. The molecule has 2 amide bonds. The summed E-state index contributed by atoms with van der Waals surface area (Å²) in [6.45, 7) is 2.56. The second kappa shape index (κ2) is 9.03. The monoisotopic (exact) mass is 345 g/mol. The second-order valence-electron chi connectivity index (χ2n) is 5.45. The molecule has 126 valence electrons. The zero-order valence-electron chi connectivity index (χ0n) is 13.5. The maximum absolute atomic E-state index is 12.1. The van der Waals surface area contributed by atoms with E-state index in [-0.39, 0.29) is 24.2 Å². The van der Waals surface area contributed by atoms with Gasteiger partial charge in [0, 0.05) is 36.9 Å². The van der Waals surface area contributed by atoms with Crippen LogP contribution in [0.5, 0.6) is 0 Å². The SMILES string of the molecule is C[C@@H](C(=O)NCCC(=O)NCc1ccncc1)c1cccc(Cl)c1. The number of hydrogen-bond acceptors (Lipinski definition) is 3. The van der Waals surface area contributed by atoms with Crippen molar-refractivity contribution in [3.05, 3.63) is 64.9 Å². The van der Waals surface area contributed by atoms with Crippen LogP contribution < -0.4 is 10.6 Å². The van der Waals surface area contributed by atoms with E-state index in [1.807, 2.05) is 31.2 Å². The molecule has 0 bridgehead atoms. The van der Waals surface area contributed by atoms with Gasteiger partial charge in [-0.1, -0.05) is 23.7 Å². The van der Waals surface area contributed by atoms with E-state index >= 15 is 0 Å². The molecular formula is C18H20ClN3O2. The maximum Gasteiger partial charge on any atom is 0.227 e. The standard InChI is InChI=1S/C18H20ClN3O2/c1-13(15-3-2-4-16(19)11-15)18(24)21-10-7-17(23)22-12-14-5-8-20-9-6-14/h2-6,8-9,11,13H,7,10,12H2,1H3,(H,21,24)(H,22,23)/t13-/m1/s1. The van der Waals surface area contributed by atoms with Crippen LogP contribution >= 0.6 is 11.6 Å². The van der Waals surface area contributed by atoms with Crippen molar-refractivity contribution in [3.8, 4) is 0 Å². The van der Waals surface area contributed by atoms with Crippen LogP contribution in [0.15, 0.2) is 48.8 Å². The summed E-state index contributed by atoms with van der Waals surface area (Å²) < 4.78 is 0. The molecule has 1 aromatic carbocycles. The number of carbonyl (C=O) groups excluding carboxylic acids is 2. The average molecular weight is 346 g/mol. The van der Waals surface area contributed by atoms with Crippen LogP contribution in [0.25, 0.3) is 0 Å². The van der Waals surface area contributed by atoms with E-state index in [4.69, 9.17) is 11.6 Å². The normalized spacial score (nSPS) is 11.6. The van der Waals surface area contributed by atoms with Gasteiger partial charge in [-0.05, 0) is 42.3 Å². The first-order valence-corrected chi connectivity index (χ1v) is 8.13. The Morgan fingerprint density at radius 3 is 2.62 bits per heavy atom. The molecule has 1 heterocycles. The van der Waals surface area contributed by atoms with E-state index in [1.54, 1.807) is 24.5 Å². The van der Waals surface area contributed by atoms with Crippen molar-refractivity contribution in [3.63, 3.8) is 0 Å². The highest BCUT2D eigenvalue weighted by Crippen LogP contribution is 2.19. The minimum absolute atomic E-state index is 0.109. The minimum atomic E-state index is -0.316. The highest BCUT2D eigenvalue weighted by atomic mass is 35.5. The van der Waals surface area contributed by atoms with Crippen molar-refractivity contribution in [2.75, 3.05) is 6.54 Å². The zero-order chi connectivity index (χ0) is 17.4. The number of benzene rings is 1. The lowest BCUT2D eigenvalue weighted by atomic mass is 10.0. The Hall–Kier alpha value is -2.40. The molecule has 24 heavy (non-hydrogen) atoms. The maximum atomic E-state index is 12.1. The van der Waals surface area contributed by atoms with Crippen LogP contribution in [0.1, 0.15) is 30.4 Å². The lowest BCUT2D eigenvalue weighted by Crippen LogP contribution is -2.32. The molecule has 0 saturated heterocycles. The molecule has 2 aromatic rings. The van der Waals surface area contributed by atoms with Gasteiger partial charge in [0.25, 0.3) is 0 Å². The molecule has 6 heteroatoms. The van der Waals surface area contributed by atoms with Crippen molar-refractivity contribution in [2.24, 2.45) is 0 Å². The molecule has 2 N–H and O–H groups in total. The fraction of sp³-hybridized carbons (Fsp3) is 0.278. The fourth-order valence-corrected chi connectivity index (χ4v) is 2.37. The summed E-state index contributed by atoms with van der Waals surface area (Å²) in [5, 5.41) is 6.18. The van der Waals surface area contributed by atoms with Gasteiger partial charge in [0.1, 0.15) is 0 Å². The summed E-state index contributed by atoms with van der Waals surface area (Å²) >= 11 is 5.94. The zero-order valence-corrected chi connectivity index (χ0v) is 14.2. The van der Waals surface area contributed by atoms with Gasteiger partial charge in [-0.15, -0.1) is 0 Å². The highest BCUT2D eigenvalue weighted by molar-refractivity contribution is 6.30. The van der Waals surface area contributed by atoms with Gasteiger partial charge in [-0.2, -0.15) is 0 Å². The molecule has 1 aromatic heterocycles. The van der Waals surface area contributed by atoms with Gasteiger partial charge in [0.2, 0.25) is 11.8 Å². The molecule has 0 fully saturated rings. The number of pyridine rings is 1. The van der Waals surface area contributed by atoms with Crippen molar-refractivity contribution >= 4 is 23.4 Å². The van der Waals surface area contributed by atoms with Crippen LogP contribution in [0.2, 0.25) is 5.02 Å². The largest absolute Gasteiger partial charge is 0.355 e. The topological polar surface area (TPSA) is 71.1 Å². The van der Waals surface area contributed by atoms with Crippen LogP contribution in [-0.2, 0) is 16.1 Å². The van der Waals surface area contributed by atoms with E-state index in [0.717, 1.165) is 11.1 Å². The average Bonchev–Trinajstić information content (AvgIpc) is 2.60. The molecule has 0 saturated carbocycles. The highest BCUT2D eigenvalue weighted by Gasteiger charge is 2.15. The molecular weight excluding hydrogens is 326 g/mol. The molecule has 0 spiro atoms. The molecule has 2 rings (SSSR count). The first kappa shape index (κ1) is 17.9. The summed E-state index contributed by atoms with van der Waals surface area (Å²) in [5.41, 5.74) is 1.83. The first-order valence-electron chi connectivity index (χ1n) is 7.75. The molecule has 0 aliphatic rings. The Kier molecular flexibility index (Phi) is 6.75. The number of nitrogens with zero attached hydrogens (tertiary/aromatic N) is 1. The summed E-state index contributed by atoms with van der Waals surface area (Å²) in [6.07, 6.45) is 3.59. The third-order valence-electron chi connectivity index (χ3n) is 3.63. The fourth-order valence-electron chi connectivity index (χ4n) is 2.17. The number of nitrogens with one attached hydrogen (secondary N) is 2. The number of hydrogen-bond donors (Lipinski definition) is 2. The predicted octanol–water partition coefficient (Wildman–Crippen LogP) is 2.66. The van der Waals surface area contributed by atoms with E-state index in [0.29, 0.717) is 18.1 Å². The Bertz CT molecular complexity index is 692. The molecule has 0 aliphatic heterocycles. The summed E-state index contributed by atoms with van der Waals surface area (Å²) in [7, 11) is 0. The number of carbonyl (C=O) groups is 2. The lowest BCUT2D eigenvalue weighted by molar-refractivity contribution is -0.123. The van der Waals surface area contributed by atoms with Crippen LogP contribution in [0.3, 0.4) is 0 Å². The molecule has 1 atom stereocenters. The van der Waals surface area contributed by atoms with Crippen molar-refractivity contribution in [2.45, 2.75) is 25.8 Å². The van der Waals surface area contributed by atoms with Crippen molar-refractivity contribution in [1.29, 1.82) is 0 Å². The Labute approximate surface area is 146 Å². The van der Waals surface area contributed by atoms with E-state index in [9.17, 15) is 9.59 Å². The van der Waals surface area contributed by atoms with E-state index < -0.39 is 0 Å². The van der Waals surface area contributed by atoms with Crippen molar-refractivity contribution < 1.29 is 9.59 Å². The molecule has 0 radical (unpaired) electrons. The van der Waals surface area contributed by atoms with Gasteiger partial charge in [0.15, 0.2) is 0 Å². The summed E-state index contributed by atoms with van der Waals surface area (Å²) in [6, 6.07) is 10.9. The predicted molar refractivity (Wildman–Crippen MR) is 93.6 cm³/mol.